The predicted molar refractivity (Wildman–Crippen MR) is 108 cm³/mol. The van der Waals surface area contributed by atoms with Crippen LogP contribution in [-0.2, 0) is 19.6 Å². The zero-order chi connectivity index (χ0) is 21.6. The maximum atomic E-state index is 12.6. The second-order valence-corrected chi connectivity index (χ2v) is 8.29. The van der Waals surface area contributed by atoms with Crippen molar-refractivity contribution in [3.63, 3.8) is 0 Å². The van der Waals surface area contributed by atoms with Crippen LogP contribution in [0.3, 0.4) is 0 Å². The standard InChI is InChI=1S/C20H21N3O6S/c1-27-19-12-15(13-21)2-7-18(19)29-14-20(24)22-16-3-5-17(6-4-16)30(25,26)23-8-10-28-11-9-23/h2-7,12H,8-11,14H2,1H3,(H,22,24). The summed E-state index contributed by atoms with van der Waals surface area (Å²) in [6.45, 7) is 1.10. The number of carbonyl (C=O) groups excluding carboxylic acids is 1. The molecule has 30 heavy (non-hydrogen) atoms. The molecular formula is C20H21N3O6S. The predicted octanol–water partition coefficient (Wildman–Crippen LogP) is 1.61. The van der Waals surface area contributed by atoms with Crippen molar-refractivity contribution in [1.82, 2.24) is 4.31 Å². The van der Waals surface area contributed by atoms with Crippen molar-refractivity contribution in [3.05, 3.63) is 48.0 Å². The number of nitriles is 1. The molecule has 0 unspecified atom stereocenters. The van der Waals surface area contributed by atoms with Crippen LogP contribution in [0.25, 0.3) is 0 Å². The molecule has 1 N–H and O–H groups in total. The first kappa shape index (κ1) is 21.6. The smallest absolute Gasteiger partial charge is 0.262 e. The number of nitrogens with zero attached hydrogens (tertiary/aromatic N) is 2. The summed E-state index contributed by atoms with van der Waals surface area (Å²) in [6.07, 6.45) is 0. The maximum Gasteiger partial charge on any atom is 0.262 e. The van der Waals surface area contributed by atoms with Gasteiger partial charge in [0.2, 0.25) is 10.0 Å². The van der Waals surface area contributed by atoms with E-state index in [0.717, 1.165) is 0 Å². The molecule has 1 amide bonds. The van der Waals surface area contributed by atoms with Crippen LogP contribution in [0.1, 0.15) is 5.56 Å². The molecule has 0 spiro atoms. The van der Waals surface area contributed by atoms with Gasteiger partial charge in [-0.25, -0.2) is 8.42 Å². The lowest BCUT2D eigenvalue weighted by Crippen LogP contribution is -2.40. The van der Waals surface area contributed by atoms with Gasteiger partial charge in [-0.2, -0.15) is 9.57 Å². The summed E-state index contributed by atoms with van der Waals surface area (Å²) >= 11 is 0. The molecule has 9 nitrogen and oxygen atoms in total. The van der Waals surface area contributed by atoms with Crippen molar-refractivity contribution in [2.24, 2.45) is 0 Å². The van der Waals surface area contributed by atoms with E-state index in [2.05, 4.69) is 5.32 Å². The van der Waals surface area contributed by atoms with Gasteiger partial charge in [0.05, 0.1) is 36.9 Å². The van der Waals surface area contributed by atoms with Gasteiger partial charge in [-0.1, -0.05) is 0 Å². The minimum atomic E-state index is -3.59. The highest BCUT2D eigenvalue weighted by Gasteiger charge is 2.26. The lowest BCUT2D eigenvalue weighted by molar-refractivity contribution is -0.118. The summed E-state index contributed by atoms with van der Waals surface area (Å²) in [7, 11) is -2.15. The number of morpholine rings is 1. The van der Waals surface area contributed by atoms with Crippen LogP contribution in [0, 0.1) is 11.3 Å². The molecule has 2 aromatic carbocycles. The van der Waals surface area contributed by atoms with Gasteiger partial charge in [0.1, 0.15) is 0 Å². The lowest BCUT2D eigenvalue weighted by atomic mass is 10.2. The first-order valence-corrected chi connectivity index (χ1v) is 10.6. The zero-order valence-electron chi connectivity index (χ0n) is 16.3. The number of rotatable bonds is 7. The normalized spacial score (nSPS) is 14.5. The molecule has 0 radical (unpaired) electrons. The van der Waals surface area contributed by atoms with E-state index in [9.17, 15) is 13.2 Å². The van der Waals surface area contributed by atoms with Crippen LogP contribution >= 0.6 is 0 Å². The summed E-state index contributed by atoms with van der Waals surface area (Å²) < 4.78 is 42.4. The molecule has 1 aliphatic heterocycles. The highest BCUT2D eigenvalue weighted by Crippen LogP contribution is 2.27. The third kappa shape index (κ3) is 5.07. The molecule has 1 saturated heterocycles. The topological polar surface area (TPSA) is 118 Å². The van der Waals surface area contributed by atoms with E-state index in [1.54, 1.807) is 12.1 Å². The van der Waals surface area contributed by atoms with E-state index in [1.807, 2.05) is 6.07 Å². The van der Waals surface area contributed by atoms with Gasteiger partial charge in [-0.05, 0) is 36.4 Å². The highest BCUT2D eigenvalue weighted by molar-refractivity contribution is 7.89. The SMILES string of the molecule is COc1cc(C#N)ccc1OCC(=O)Nc1ccc(S(=O)(=O)N2CCOCC2)cc1. The number of benzene rings is 2. The Kier molecular flexibility index (Phi) is 6.89. The fourth-order valence-corrected chi connectivity index (χ4v) is 4.25. The molecule has 10 heteroatoms. The van der Waals surface area contributed by atoms with E-state index < -0.39 is 15.9 Å². The number of hydrogen-bond donors (Lipinski definition) is 1. The Labute approximate surface area is 174 Å². The minimum absolute atomic E-state index is 0.154. The van der Waals surface area contributed by atoms with E-state index >= 15 is 0 Å². The van der Waals surface area contributed by atoms with E-state index in [4.69, 9.17) is 19.5 Å². The summed E-state index contributed by atoms with van der Waals surface area (Å²) in [5.41, 5.74) is 0.854. The van der Waals surface area contributed by atoms with E-state index in [-0.39, 0.29) is 11.5 Å². The van der Waals surface area contributed by atoms with Gasteiger partial charge in [0, 0.05) is 24.8 Å². The van der Waals surface area contributed by atoms with Crippen LogP contribution in [-0.4, -0.2) is 58.7 Å². The van der Waals surface area contributed by atoms with Gasteiger partial charge in [-0.3, -0.25) is 4.79 Å². The minimum Gasteiger partial charge on any atom is -0.493 e. The first-order chi connectivity index (χ1) is 14.4. The number of carbonyl (C=O) groups is 1. The molecule has 1 aliphatic rings. The largest absolute Gasteiger partial charge is 0.493 e. The Morgan fingerprint density at radius 3 is 2.50 bits per heavy atom. The molecule has 2 aromatic rings. The second kappa shape index (κ2) is 9.58. The third-order valence-corrected chi connectivity index (χ3v) is 6.31. The molecule has 3 rings (SSSR count). The molecule has 0 bridgehead atoms. The van der Waals surface area contributed by atoms with E-state index in [0.29, 0.717) is 49.1 Å². The molecule has 0 aliphatic carbocycles. The number of hydrogen-bond acceptors (Lipinski definition) is 7. The second-order valence-electron chi connectivity index (χ2n) is 6.36. The van der Waals surface area contributed by atoms with Crippen LogP contribution in [0.5, 0.6) is 11.5 Å². The van der Waals surface area contributed by atoms with Gasteiger partial charge < -0.3 is 19.5 Å². The Hall–Kier alpha value is -3.13. The molecule has 0 atom stereocenters. The van der Waals surface area contributed by atoms with Crippen molar-refractivity contribution < 1.29 is 27.4 Å². The molecule has 0 aromatic heterocycles. The zero-order valence-corrected chi connectivity index (χ0v) is 17.1. The molecule has 1 heterocycles. The summed E-state index contributed by atoms with van der Waals surface area (Å²) in [5.74, 6) is 0.253. The van der Waals surface area contributed by atoms with Crippen molar-refractivity contribution in [1.29, 1.82) is 5.26 Å². The number of amides is 1. The van der Waals surface area contributed by atoms with Crippen LogP contribution in [0.15, 0.2) is 47.4 Å². The lowest BCUT2D eigenvalue weighted by Gasteiger charge is -2.26. The Morgan fingerprint density at radius 1 is 1.17 bits per heavy atom. The van der Waals surface area contributed by atoms with Crippen LogP contribution in [0.4, 0.5) is 5.69 Å². The van der Waals surface area contributed by atoms with Crippen molar-refractivity contribution in [2.75, 3.05) is 45.3 Å². The molecule has 1 fully saturated rings. The summed E-state index contributed by atoms with van der Waals surface area (Å²) in [4.78, 5) is 12.3. The maximum absolute atomic E-state index is 12.6. The Balaban J connectivity index is 1.59. The van der Waals surface area contributed by atoms with Gasteiger partial charge in [-0.15, -0.1) is 0 Å². The number of ether oxygens (including phenoxy) is 3. The molecular weight excluding hydrogens is 410 g/mol. The van der Waals surface area contributed by atoms with Crippen LogP contribution in [0.2, 0.25) is 0 Å². The Morgan fingerprint density at radius 2 is 1.87 bits per heavy atom. The van der Waals surface area contributed by atoms with Gasteiger partial charge in [0.25, 0.3) is 5.91 Å². The van der Waals surface area contributed by atoms with Crippen molar-refractivity contribution >= 4 is 21.6 Å². The molecule has 158 valence electrons. The summed E-state index contributed by atoms with van der Waals surface area (Å²) in [6, 6.07) is 12.6. The average molecular weight is 431 g/mol. The number of anilines is 1. The highest BCUT2D eigenvalue weighted by atomic mass is 32.2. The van der Waals surface area contributed by atoms with E-state index in [1.165, 1.54) is 41.7 Å². The first-order valence-electron chi connectivity index (χ1n) is 9.13. The number of sulfonamides is 1. The molecule has 0 saturated carbocycles. The van der Waals surface area contributed by atoms with Gasteiger partial charge in [0.15, 0.2) is 18.1 Å². The number of methoxy groups -OCH3 is 1. The van der Waals surface area contributed by atoms with Crippen molar-refractivity contribution in [2.45, 2.75) is 4.90 Å². The Bertz CT molecular complexity index is 1040. The number of nitrogens with one attached hydrogen (secondary N) is 1. The fraction of sp³-hybridized carbons (Fsp3) is 0.300. The average Bonchev–Trinajstić information content (AvgIpc) is 2.78. The fourth-order valence-electron chi connectivity index (χ4n) is 2.84. The third-order valence-electron chi connectivity index (χ3n) is 4.40. The quantitative estimate of drug-likeness (QED) is 0.707. The monoisotopic (exact) mass is 431 g/mol. The van der Waals surface area contributed by atoms with Gasteiger partial charge >= 0.3 is 0 Å². The van der Waals surface area contributed by atoms with Crippen LogP contribution < -0.4 is 14.8 Å². The summed E-state index contributed by atoms with van der Waals surface area (Å²) in [5, 5.41) is 11.6. The van der Waals surface area contributed by atoms with Crippen molar-refractivity contribution in [3.8, 4) is 17.6 Å².